The summed E-state index contributed by atoms with van der Waals surface area (Å²) in [5, 5.41) is 2.21. The molecule has 0 atom stereocenters. The van der Waals surface area contributed by atoms with Crippen LogP contribution in [0.1, 0.15) is 79.1 Å². The maximum absolute atomic E-state index is 6.55. The SMILES string of the molecule is CCC(CC)(CCCN)Oc1ccc2cc3ccc(OC(CC)(CC)CCCN)cc3nc2c1.Cl.Cl.Cl. The molecule has 0 aliphatic carbocycles. The first-order valence-electron chi connectivity index (χ1n) is 13.1. The highest BCUT2D eigenvalue weighted by atomic mass is 35.5. The van der Waals surface area contributed by atoms with Gasteiger partial charge in [0.25, 0.3) is 0 Å². The lowest BCUT2D eigenvalue weighted by molar-refractivity contribution is 0.0496. The van der Waals surface area contributed by atoms with Gasteiger partial charge in [-0.05, 0) is 94.8 Å². The number of rotatable bonds is 14. The van der Waals surface area contributed by atoms with E-state index in [1.54, 1.807) is 0 Å². The van der Waals surface area contributed by atoms with E-state index in [9.17, 15) is 0 Å². The van der Waals surface area contributed by atoms with E-state index in [-0.39, 0.29) is 48.4 Å². The average Bonchev–Trinajstić information content (AvgIpc) is 2.87. The Morgan fingerprint density at radius 2 is 1.00 bits per heavy atom. The van der Waals surface area contributed by atoms with Crippen molar-refractivity contribution in [3.8, 4) is 11.5 Å². The first kappa shape index (κ1) is 35.5. The number of hydrogen-bond acceptors (Lipinski definition) is 5. The molecule has 0 spiro atoms. The molecular formula is C29H46Cl3N3O2. The second-order valence-corrected chi connectivity index (χ2v) is 9.47. The van der Waals surface area contributed by atoms with E-state index in [1.165, 1.54) is 0 Å². The number of ether oxygens (including phenoxy) is 2. The summed E-state index contributed by atoms with van der Waals surface area (Å²) in [5.41, 5.74) is 13.1. The number of benzene rings is 2. The van der Waals surface area contributed by atoms with Gasteiger partial charge in [-0.25, -0.2) is 4.98 Å². The van der Waals surface area contributed by atoms with Gasteiger partial charge in [-0.2, -0.15) is 0 Å². The van der Waals surface area contributed by atoms with Crippen molar-refractivity contribution >= 4 is 59.0 Å². The Morgan fingerprint density at radius 3 is 1.32 bits per heavy atom. The molecule has 0 bridgehead atoms. The third-order valence-electron chi connectivity index (χ3n) is 7.47. The van der Waals surface area contributed by atoms with E-state index in [0.717, 1.165) is 84.7 Å². The lowest BCUT2D eigenvalue weighted by Crippen LogP contribution is -2.35. The predicted molar refractivity (Wildman–Crippen MR) is 165 cm³/mol. The zero-order valence-corrected chi connectivity index (χ0v) is 25.2. The van der Waals surface area contributed by atoms with E-state index < -0.39 is 0 Å². The number of pyridine rings is 1. The molecule has 37 heavy (non-hydrogen) atoms. The highest BCUT2D eigenvalue weighted by Gasteiger charge is 2.29. The molecule has 0 aliphatic rings. The number of nitrogens with zero attached hydrogens (tertiary/aromatic N) is 1. The Morgan fingerprint density at radius 1 is 0.622 bits per heavy atom. The molecule has 1 heterocycles. The van der Waals surface area contributed by atoms with Crippen LogP contribution in [0.5, 0.6) is 11.5 Å². The summed E-state index contributed by atoms with van der Waals surface area (Å²) in [7, 11) is 0. The van der Waals surface area contributed by atoms with Crippen molar-refractivity contribution in [2.24, 2.45) is 11.5 Å². The average molecular weight is 575 g/mol. The van der Waals surface area contributed by atoms with Crippen LogP contribution >= 0.6 is 37.2 Å². The van der Waals surface area contributed by atoms with E-state index in [4.69, 9.17) is 25.9 Å². The fourth-order valence-electron chi connectivity index (χ4n) is 4.86. The van der Waals surface area contributed by atoms with Crippen LogP contribution in [0.4, 0.5) is 0 Å². The molecule has 0 saturated carbocycles. The van der Waals surface area contributed by atoms with Gasteiger partial charge in [0.1, 0.15) is 22.7 Å². The van der Waals surface area contributed by atoms with Gasteiger partial charge in [-0.1, -0.05) is 27.7 Å². The third kappa shape index (κ3) is 8.76. The van der Waals surface area contributed by atoms with Gasteiger partial charge < -0.3 is 20.9 Å². The van der Waals surface area contributed by atoms with Gasteiger partial charge in [0.2, 0.25) is 0 Å². The van der Waals surface area contributed by atoms with E-state index in [2.05, 4.69) is 70.2 Å². The first-order chi connectivity index (χ1) is 16.5. The number of fused-ring (bicyclic) bond motifs is 2. The predicted octanol–water partition coefficient (Wildman–Crippen LogP) is 8.01. The van der Waals surface area contributed by atoms with E-state index in [0.29, 0.717) is 13.1 Å². The lowest BCUT2D eigenvalue weighted by atomic mass is 9.91. The summed E-state index contributed by atoms with van der Waals surface area (Å²) in [4.78, 5) is 4.99. The fraction of sp³-hybridized carbons (Fsp3) is 0.552. The molecule has 0 radical (unpaired) electrons. The second-order valence-electron chi connectivity index (χ2n) is 9.47. The summed E-state index contributed by atoms with van der Waals surface area (Å²) in [6.45, 7) is 10.1. The standard InChI is InChI=1S/C29H43N3O2.3ClH/c1-5-28(6-2,15-9-17-30)33-24-13-11-22-19-23-12-14-25(21-27(23)32-26(22)20-24)34-29(7-3,8-4)16-10-18-31;;;/h11-14,19-21H,5-10,15-18,30-31H2,1-4H3;3*1H. The summed E-state index contributed by atoms with van der Waals surface area (Å²) in [6, 6.07) is 14.6. The van der Waals surface area contributed by atoms with Crippen LogP contribution in [-0.2, 0) is 0 Å². The van der Waals surface area contributed by atoms with Gasteiger partial charge in [-0.15, -0.1) is 37.2 Å². The minimum atomic E-state index is -0.182. The van der Waals surface area contributed by atoms with Crippen LogP contribution in [-0.4, -0.2) is 29.3 Å². The van der Waals surface area contributed by atoms with Gasteiger partial charge in [0.05, 0.1) is 11.0 Å². The van der Waals surface area contributed by atoms with Crippen LogP contribution < -0.4 is 20.9 Å². The molecule has 0 saturated heterocycles. The van der Waals surface area contributed by atoms with Crippen molar-refractivity contribution in [3.63, 3.8) is 0 Å². The highest BCUT2D eigenvalue weighted by molar-refractivity contribution is 5.93. The molecule has 0 fully saturated rings. The second kappa shape index (κ2) is 16.5. The van der Waals surface area contributed by atoms with E-state index in [1.807, 2.05) is 0 Å². The van der Waals surface area contributed by atoms with Crippen LogP contribution in [0.25, 0.3) is 21.8 Å². The quantitative estimate of drug-likeness (QED) is 0.191. The molecule has 0 unspecified atom stereocenters. The van der Waals surface area contributed by atoms with Gasteiger partial charge >= 0.3 is 0 Å². The summed E-state index contributed by atoms with van der Waals surface area (Å²) < 4.78 is 13.1. The Balaban J connectivity index is 0.00000432. The van der Waals surface area contributed by atoms with Crippen molar-refractivity contribution in [1.29, 1.82) is 0 Å². The Bertz CT molecular complexity index is 992. The molecule has 1 aromatic heterocycles. The number of halogens is 3. The first-order valence-corrected chi connectivity index (χ1v) is 13.1. The molecule has 0 aliphatic heterocycles. The van der Waals surface area contributed by atoms with Gasteiger partial charge in [0, 0.05) is 22.9 Å². The smallest absolute Gasteiger partial charge is 0.122 e. The lowest BCUT2D eigenvalue weighted by Gasteiger charge is -2.33. The van der Waals surface area contributed by atoms with Gasteiger partial charge in [-0.3, -0.25) is 0 Å². The van der Waals surface area contributed by atoms with E-state index >= 15 is 0 Å². The number of nitrogens with two attached hydrogens (primary N) is 2. The largest absolute Gasteiger partial charge is 0.487 e. The number of aromatic nitrogens is 1. The molecule has 8 heteroatoms. The normalized spacial score (nSPS) is 11.4. The van der Waals surface area contributed by atoms with Crippen LogP contribution in [0.3, 0.4) is 0 Å². The topological polar surface area (TPSA) is 83.4 Å². The Hall–Kier alpha value is -1.50. The molecule has 2 aromatic carbocycles. The summed E-state index contributed by atoms with van der Waals surface area (Å²) in [6.07, 6.45) is 7.65. The zero-order valence-electron chi connectivity index (χ0n) is 22.8. The zero-order chi connectivity index (χ0) is 24.6. The monoisotopic (exact) mass is 573 g/mol. The van der Waals surface area contributed by atoms with Gasteiger partial charge in [0.15, 0.2) is 0 Å². The van der Waals surface area contributed by atoms with Crippen molar-refractivity contribution in [2.75, 3.05) is 13.1 Å². The third-order valence-corrected chi connectivity index (χ3v) is 7.47. The fourth-order valence-corrected chi connectivity index (χ4v) is 4.86. The van der Waals surface area contributed by atoms with Crippen LogP contribution in [0.2, 0.25) is 0 Å². The molecule has 3 aromatic rings. The molecule has 210 valence electrons. The molecule has 3 rings (SSSR count). The summed E-state index contributed by atoms with van der Waals surface area (Å²) >= 11 is 0. The number of hydrogen-bond donors (Lipinski definition) is 2. The Labute approximate surface area is 241 Å². The van der Waals surface area contributed by atoms with Crippen molar-refractivity contribution in [1.82, 2.24) is 4.98 Å². The Kier molecular flexibility index (Phi) is 15.8. The minimum absolute atomic E-state index is 0. The van der Waals surface area contributed by atoms with Crippen LogP contribution in [0.15, 0.2) is 42.5 Å². The molecule has 5 nitrogen and oxygen atoms in total. The summed E-state index contributed by atoms with van der Waals surface area (Å²) in [5.74, 6) is 1.73. The molecular weight excluding hydrogens is 529 g/mol. The maximum Gasteiger partial charge on any atom is 0.122 e. The van der Waals surface area contributed by atoms with Crippen molar-refractivity contribution in [3.05, 3.63) is 42.5 Å². The van der Waals surface area contributed by atoms with Crippen LogP contribution in [0, 0.1) is 0 Å². The molecule has 4 N–H and O–H groups in total. The van der Waals surface area contributed by atoms with Crippen molar-refractivity contribution < 1.29 is 9.47 Å². The highest BCUT2D eigenvalue weighted by Crippen LogP contribution is 2.33. The molecule has 0 amide bonds. The van der Waals surface area contributed by atoms with Crippen molar-refractivity contribution in [2.45, 2.75) is 90.3 Å². The minimum Gasteiger partial charge on any atom is -0.487 e. The maximum atomic E-state index is 6.55.